The fourth-order valence-corrected chi connectivity index (χ4v) is 5.10. The summed E-state index contributed by atoms with van der Waals surface area (Å²) in [5, 5.41) is 3.31. The Balaban J connectivity index is 2.08. The fraction of sp³-hybridized carbons (Fsp3) is 0.611. The molecule has 1 aromatic rings. The standard InChI is InChI=1S/C18H29NO2SSi/c1-7-14(21-23(5,6)18(2,3)4)15-16(20)19-17(15)22-13-11-9-8-10-12-13/h8-12,14-15,17H,7H2,1-6H3,(H,19,20)/t14-,15-,17+/m0/s1. The van der Waals surface area contributed by atoms with Crippen LogP contribution in [0.4, 0.5) is 0 Å². The number of thioether (sulfide) groups is 1. The second kappa shape index (κ2) is 6.99. The van der Waals surface area contributed by atoms with E-state index in [1.54, 1.807) is 11.8 Å². The van der Waals surface area contributed by atoms with E-state index < -0.39 is 8.32 Å². The summed E-state index contributed by atoms with van der Waals surface area (Å²) < 4.78 is 6.56. The van der Waals surface area contributed by atoms with Gasteiger partial charge in [0.2, 0.25) is 5.91 Å². The van der Waals surface area contributed by atoms with Crippen molar-refractivity contribution in [1.29, 1.82) is 0 Å². The van der Waals surface area contributed by atoms with Crippen molar-refractivity contribution in [1.82, 2.24) is 5.32 Å². The van der Waals surface area contributed by atoms with Crippen molar-refractivity contribution in [2.75, 3.05) is 0 Å². The molecule has 0 radical (unpaired) electrons. The van der Waals surface area contributed by atoms with Crippen molar-refractivity contribution in [3.63, 3.8) is 0 Å². The first-order valence-corrected chi connectivity index (χ1v) is 12.1. The van der Waals surface area contributed by atoms with Gasteiger partial charge >= 0.3 is 0 Å². The minimum absolute atomic E-state index is 0.00542. The van der Waals surface area contributed by atoms with Crippen LogP contribution in [0.1, 0.15) is 34.1 Å². The van der Waals surface area contributed by atoms with Crippen LogP contribution in [-0.2, 0) is 9.22 Å². The smallest absolute Gasteiger partial charge is 0.229 e. The molecular formula is C18H29NO2SSi. The lowest BCUT2D eigenvalue weighted by molar-refractivity contribution is -0.137. The summed E-state index contributed by atoms with van der Waals surface area (Å²) in [6.07, 6.45) is 0.877. The van der Waals surface area contributed by atoms with Gasteiger partial charge in [0, 0.05) is 4.90 Å². The Kier molecular flexibility index (Phi) is 5.64. The number of carbonyl (C=O) groups excluding carboxylic acids is 1. The lowest BCUT2D eigenvalue weighted by atomic mass is 9.93. The van der Waals surface area contributed by atoms with Crippen LogP contribution in [0.5, 0.6) is 0 Å². The monoisotopic (exact) mass is 351 g/mol. The predicted octanol–water partition coefficient (Wildman–Crippen LogP) is 4.65. The summed E-state index contributed by atoms with van der Waals surface area (Å²) in [7, 11) is -1.87. The number of nitrogens with one attached hydrogen (secondary N) is 1. The number of rotatable bonds is 6. The van der Waals surface area contributed by atoms with Crippen molar-refractivity contribution in [2.24, 2.45) is 5.92 Å². The van der Waals surface area contributed by atoms with Crippen molar-refractivity contribution in [2.45, 2.75) is 68.6 Å². The van der Waals surface area contributed by atoms with Crippen molar-refractivity contribution in [3.05, 3.63) is 30.3 Å². The maximum absolute atomic E-state index is 12.2. The third kappa shape index (κ3) is 4.20. The molecule has 128 valence electrons. The van der Waals surface area contributed by atoms with Gasteiger partial charge < -0.3 is 9.74 Å². The van der Waals surface area contributed by atoms with E-state index in [2.05, 4.69) is 58.2 Å². The number of amides is 1. The molecule has 0 unspecified atom stereocenters. The fourth-order valence-electron chi connectivity index (χ4n) is 2.45. The van der Waals surface area contributed by atoms with Crippen LogP contribution in [0, 0.1) is 5.92 Å². The SMILES string of the molecule is CC[C@H](O[Si](C)(C)C(C)(C)C)[C@H]1C(=O)N[C@@H]1Sc1ccccc1. The molecule has 1 fully saturated rings. The highest BCUT2D eigenvalue weighted by Crippen LogP contribution is 2.41. The zero-order valence-electron chi connectivity index (χ0n) is 15.1. The average Bonchev–Trinajstić information content (AvgIpc) is 2.45. The molecule has 1 N–H and O–H groups in total. The Morgan fingerprint density at radius 2 is 1.87 bits per heavy atom. The first-order valence-electron chi connectivity index (χ1n) is 8.35. The number of carbonyl (C=O) groups is 1. The second-order valence-corrected chi connectivity index (χ2v) is 13.7. The summed E-state index contributed by atoms with van der Waals surface area (Å²) in [5.41, 5.74) is 0. The van der Waals surface area contributed by atoms with E-state index in [9.17, 15) is 4.79 Å². The molecule has 5 heteroatoms. The zero-order chi connectivity index (χ0) is 17.3. The molecule has 1 heterocycles. The van der Waals surface area contributed by atoms with E-state index in [0.29, 0.717) is 0 Å². The van der Waals surface area contributed by atoms with Gasteiger partial charge in [0.15, 0.2) is 8.32 Å². The maximum Gasteiger partial charge on any atom is 0.229 e. The lowest BCUT2D eigenvalue weighted by Gasteiger charge is -2.46. The Morgan fingerprint density at radius 1 is 1.26 bits per heavy atom. The van der Waals surface area contributed by atoms with Crippen LogP contribution >= 0.6 is 11.8 Å². The molecule has 1 aromatic carbocycles. The summed E-state index contributed by atoms with van der Waals surface area (Å²) in [6, 6.07) is 10.2. The second-order valence-electron chi connectivity index (χ2n) is 7.71. The molecule has 0 bridgehead atoms. The molecule has 1 aliphatic heterocycles. The molecule has 1 saturated heterocycles. The van der Waals surface area contributed by atoms with Crippen LogP contribution in [0.15, 0.2) is 35.2 Å². The van der Waals surface area contributed by atoms with Gasteiger partial charge in [-0.15, -0.1) is 11.8 Å². The van der Waals surface area contributed by atoms with Gasteiger partial charge in [-0.05, 0) is 36.7 Å². The van der Waals surface area contributed by atoms with Crippen molar-refractivity contribution >= 4 is 26.0 Å². The van der Waals surface area contributed by atoms with E-state index in [0.717, 1.165) is 6.42 Å². The van der Waals surface area contributed by atoms with Crippen LogP contribution in [0.3, 0.4) is 0 Å². The van der Waals surface area contributed by atoms with Gasteiger partial charge in [-0.25, -0.2) is 0 Å². The lowest BCUT2D eigenvalue weighted by Crippen LogP contribution is -2.62. The van der Waals surface area contributed by atoms with E-state index in [1.165, 1.54) is 4.90 Å². The van der Waals surface area contributed by atoms with E-state index in [1.807, 2.05) is 18.2 Å². The number of benzene rings is 1. The number of hydrogen-bond donors (Lipinski definition) is 1. The minimum atomic E-state index is -1.87. The molecule has 23 heavy (non-hydrogen) atoms. The minimum Gasteiger partial charge on any atom is -0.413 e. The summed E-state index contributed by atoms with van der Waals surface area (Å²) >= 11 is 1.72. The Bertz CT molecular complexity index is 542. The van der Waals surface area contributed by atoms with E-state index >= 15 is 0 Å². The normalized spacial score (nSPS) is 23.1. The number of β-lactam (4-membered cyclic amide) rings is 1. The Labute approximate surface area is 145 Å². The zero-order valence-corrected chi connectivity index (χ0v) is 16.9. The van der Waals surface area contributed by atoms with Gasteiger partial charge in [0.25, 0.3) is 0 Å². The molecule has 0 spiro atoms. The van der Waals surface area contributed by atoms with Gasteiger partial charge in [0.1, 0.15) is 0 Å². The molecule has 0 aliphatic carbocycles. The van der Waals surface area contributed by atoms with Crippen LogP contribution in [-0.4, -0.2) is 25.7 Å². The Morgan fingerprint density at radius 3 is 2.35 bits per heavy atom. The summed E-state index contributed by atoms with van der Waals surface area (Å²) in [4.78, 5) is 13.4. The molecule has 1 aliphatic rings. The van der Waals surface area contributed by atoms with E-state index in [-0.39, 0.29) is 28.3 Å². The third-order valence-electron chi connectivity index (χ3n) is 4.97. The van der Waals surface area contributed by atoms with Gasteiger partial charge in [-0.2, -0.15) is 0 Å². The molecule has 0 saturated carbocycles. The largest absolute Gasteiger partial charge is 0.413 e. The topological polar surface area (TPSA) is 38.3 Å². The summed E-state index contributed by atoms with van der Waals surface area (Å²) in [6.45, 7) is 13.3. The number of hydrogen-bond acceptors (Lipinski definition) is 3. The van der Waals surface area contributed by atoms with Crippen molar-refractivity contribution < 1.29 is 9.22 Å². The highest BCUT2D eigenvalue weighted by molar-refractivity contribution is 8.00. The molecule has 0 aromatic heterocycles. The molecule has 1 amide bonds. The maximum atomic E-state index is 12.2. The predicted molar refractivity (Wildman–Crippen MR) is 100 cm³/mol. The van der Waals surface area contributed by atoms with Crippen molar-refractivity contribution in [3.8, 4) is 0 Å². The van der Waals surface area contributed by atoms with Gasteiger partial charge in [0.05, 0.1) is 17.4 Å². The van der Waals surface area contributed by atoms with Crippen LogP contribution in [0.25, 0.3) is 0 Å². The van der Waals surface area contributed by atoms with E-state index in [4.69, 9.17) is 4.43 Å². The third-order valence-corrected chi connectivity index (χ3v) is 10.7. The van der Waals surface area contributed by atoms with Crippen LogP contribution < -0.4 is 5.32 Å². The first-order chi connectivity index (χ1) is 10.7. The Hall–Kier alpha value is -0.783. The molecular weight excluding hydrogens is 322 g/mol. The highest BCUT2D eigenvalue weighted by atomic mass is 32.2. The first kappa shape index (κ1) is 18.6. The average molecular weight is 352 g/mol. The highest BCUT2D eigenvalue weighted by Gasteiger charge is 2.48. The quantitative estimate of drug-likeness (QED) is 0.599. The molecule has 3 nitrogen and oxygen atoms in total. The van der Waals surface area contributed by atoms with Gasteiger partial charge in [-0.1, -0.05) is 45.9 Å². The molecule has 2 rings (SSSR count). The van der Waals surface area contributed by atoms with Gasteiger partial charge in [-0.3, -0.25) is 4.79 Å². The molecule has 3 atom stereocenters. The van der Waals surface area contributed by atoms with Crippen LogP contribution in [0.2, 0.25) is 18.1 Å². The summed E-state index contributed by atoms with van der Waals surface area (Å²) in [5.74, 6) is 0.0725.